The molecule has 5 aliphatic carbocycles. The average Bonchev–Trinajstić information content (AvgIpc) is 3.46. The maximum Gasteiger partial charge on any atom is 0.0271 e. The van der Waals surface area contributed by atoms with Gasteiger partial charge in [-0.2, -0.15) is 0 Å². The highest BCUT2D eigenvalue weighted by molar-refractivity contribution is 5.94. The lowest BCUT2D eigenvalue weighted by Crippen LogP contribution is -2.20. The molecule has 0 radical (unpaired) electrons. The number of rotatable bonds is 10. The number of hydrogen-bond acceptors (Lipinski definition) is 0. The summed E-state index contributed by atoms with van der Waals surface area (Å²) in [6.45, 7) is 27.1. The van der Waals surface area contributed by atoms with Crippen LogP contribution in [0.25, 0.3) is 16.7 Å². The highest BCUT2D eigenvalue weighted by Gasteiger charge is 2.38. The molecule has 0 aromatic heterocycles. The zero-order chi connectivity index (χ0) is 40.5. The minimum Gasteiger partial charge on any atom is -0.115 e. The average molecular weight is 767 g/mol. The van der Waals surface area contributed by atoms with Gasteiger partial charge in [-0.3, -0.25) is 0 Å². The van der Waals surface area contributed by atoms with E-state index in [1.165, 1.54) is 151 Å². The van der Waals surface area contributed by atoms with E-state index in [0.29, 0.717) is 17.8 Å². The van der Waals surface area contributed by atoms with E-state index < -0.39 is 0 Å². The lowest BCUT2D eigenvalue weighted by molar-refractivity contribution is 0.224. The van der Waals surface area contributed by atoms with E-state index in [1.54, 1.807) is 11.1 Å². The van der Waals surface area contributed by atoms with Crippen LogP contribution in [0.1, 0.15) is 171 Å². The molecule has 4 fully saturated rings. The monoisotopic (exact) mass is 767 g/mol. The second-order valence-corrected chi connectivity index (χ2v) is 20.0. The smallest absolute Gasteiger partial charge is 0.0271 e. The van der Waals surface area contributed by atoms with Gasteiger partial charge in [0.05, 0.1) is 0 Å². The summed E-state index contributed by atoms with van der Waals surface area (Å²) >= 11 is 0. The van der Waals surface area contributed by atoms with Crippen LogP contribution in [0.5, 0.6) is 0 Å². The minimum absolute atomic E-state index is 0.307. The van der Waals surface area contributed by atoms with Crippen LogP contribution < -0.4 is 0 Å². The quantitative estimate of drug-likeness (QED) is 0.142. The Morgan fingerprint density at radius 2 is 1.26 bits per heavy atom. The molecule has 58 heavy (non-hydrogen) atoms. The van der Waals surface area contributed by atoms with Crippen LogP contribution in [0.4, 0.5) is 0 Å². The molecule has 4 saturated carbocycles. The van der Waals surface area contributed by atoms with E-state index in [9.17, 15) is 0 Å². The molecule has 0 saturated heterocycles. The van der Waals surface area contributed by atoms with Crippen LogP contribution >= 0.6 is 0 Å². The second kappa shape index (κ2) is 17.6. The van der Waals surface area contributed by atoms with Crippen molar-refractivity contribution in [2.45, 2.75) is 141 Å². The topological polar surface area (TPSA) is 0 Å². The molecular formula is C58H70. The first kappa shape index (κ1) is 40.7. The highest BCUT2D eigenvalue weighted by atomic mass is 14.4. The highest BCUT2D eigenvalue weighted by Crippen LogP contribution is 2.54. The van der Waals surface area contributed by atoms with Crippen molar-refractivity contribution in [3.63, 3.8) is 0 Å². The van der Waals surface area contributed by atoms with Gasteiger partial charge in [0.25, 0.3) is 0 Å². The van der Waals surface area contributed by atoms with E-state index in [-0.39, 0.29) is 0 Å². The number of terminal acetylenes is 1. The first-order valence-corrected chi connectivity index (χ1v) is 23.3. The third-order valence-corrected chi connectivity index (χ3v) is 16.1. The van der Waals surface area contributed by atoms with E-state index in [2.05, 4.69) is 107 Å². The van der Waals surface area contributed by atoms with Crippen molar-refractivity contribution >= 4 is 16.7 Å². The zero-order valence-corrected chi connectivity index (χ0v) is 36.2. The molecule has 2 atom stereocenters. The van der Waals surface area contributed by atoms with Crippen molar-refractivity contribution < 1.29 is 0 Å². The van der Waals surface area contributed by atoms with Crippen LogP contribution in [-0.4, -0.2) is 0 Å². The van der Waals surface area contributed by atoms with Gasteiger partial charge in [-0.25, -0.2) is 0 Å². The molecule has 8 rings (SSSR count). The van der Waals surface area contributed by atoms with Gasteiger partial charge in [-0.15, -0.1) is 6.42 Å². The Labute approximate surface area is 353 Å². The van der Waals surface area contributed by atoms with Crippen molar-refractivity contribution in [1.29, 1.82) is 0 Å². The molecule has 0 heterocycles. The molecule has 3 aromatic carbocycles. The number of allylic oxidation sites excluding steroid dienone is 5. The van der Waals surface area contributed by atoms with Gasteiger partial charge in [0, 0.05) is 11.5 Å². The Hall–Kier alpha value is -4.08. The summed E-state index contributed by atoms with van der Waals surface area (Å²) in [5, 5.41) is 0. The fraction of sp³-hybridized carbons (Fsp3) is 0.483. The van der Waals surface area contributed by atoms with E-state index in [1.807, 2.05) is 0 Å². The summed E-state index contributed by atoms with van der Waals surface area (Å²) in [5.41, 5.74) is 18.9. The normalized spacial score (nSPS) is 28.9. The fourth-order valence-electron chi connectivity index (χ4n) is 12.6. The first-order chi connectivity index (χ1) is 28.0. The molecule has 0 N–H and O–H groups in total. The van der Waals surface area contributed by atoms with Crippen molar-refractivity contribution in [2.24, 2.45) is 35.5 Å². The molecule has 0 heteroatoms. The Kier molecular flexibility index (Phi) is 12.4. The summed E-state index contributed by atoms with van der Waals surface area (Å²) < 4.78 is 0. The minimum atomic E-state index is 0.307. The lowest BCUT2D eigenvalue weighted by atomic mass is 9.71. The summed E-state index contributed by atoms with van der Waals surface area (Å²) in [5.74, 6) is 8.33. The maximum atomic E-state index is 5.64. The number of benzene rings is 3. The number of fused-ring (bicyclic) bond motifs is 1. The Bertz CT molecular complexity index is 2080. The first-order valence-electron chi connectivity index (χ1n) is 23.3. The summed E-state index contributed by atoms with van der Waals surface area (Å²) in [4.78, 5) is 0. The van der Waals surface area contributed by atoms with Gasteiger partial charge in [0.1, 0.15) is 0 Å². The summed E-state index contributed by atoms with van der Waals surface area (Å²) in [7, 11) is 0. The van der Waals surface area contributed by atoms with Crippen molar-refractivity contribution in [2.75, 3.05) is 0 Å². The number of hydrogen-bond donors (Lipinski definition) is 0. The molecule has 0 amide bonds. The molecular weight excluding hydrogens is 697 g/mol. The molecule has 302 valence electrons. The van der Waals surface area contributed by atoms with Gasteiger partial charge in [0.2, 0.25) is 0 Å². The Morgan fingerprint density at radius 1 is 0.655 bits per heavy atom. The molecule has 0 nitrogen and oxygen atoms in total. The van der Waals surface area contributed by atoms with Crippen LogP contribution in [0.15, 0.2) is 98.6 Å². The number of aryl methyl sites for hydroxylation is 2. The summed E-state index contributed by atoms with van der Waals surface area (Å²) in [6, 6.07) is 21.3. The zero-order valence-electron chi connectivity index (χ0n) is 36.2. The van der Waals surface area contributed by atoms with Gasteiger partial charge < -0.3 is 0 Å². The van der Waals surface area contributed by atoms with Crippen molar-refractivity contribution in [1.82, 2.24) is 0 Å². The molecule has 5 aliphatic rings. The molecule has 2 unspecified atom stereocenters. The predicted octanol–water partition coefficient (Wildman–Crippen LogP) is 15.9. The Balaban J connectivity index is 0.764. The lowest BCUT2D eigenvalue weighted by Gasteiger charge is -2.35. The largest absolute Gasteiger partial charge is 0.115 e. The molecule has 0 spiro atoms. The summed E-state index contributed by atoms with van der Waals surface area (Å²) in [6.07, 6.45) is 28.9. The standard InChI is InChI=1S/C58H70/c1-9-49-20-19-48(32-38(49)3)35-45-13-11-44(12-14-45)31-39(4)50-25-27-52(28-26-50)51-21-15-46(16-22-51)34-47-17-23-53(24-18-47)55-36-57-43(8)58(42(7)56(57)33-41(55)6)54-29-10-37(2)30-40(54)5/h1,19-20,25-28,32-33,36,44-47,51,53-54,58H,2,4-5,7-8,10-18,21-24,29-31,34-35H2,3,6H3. The van der Waals surface area contributed by atoms with Crippen molar-refractivity contribution in [3.05, 3.63) is 149 Å². The molecule has 0 bridgehead atoms. The van der Waals surface area contributed by atoms with Gasteiger partial charge in [-0.05, 0) is 238 Å². The molecule has 3 aromatic rings. The van der Waals surface area contributed by atoms with E-state index in [0.717, 1.165) is 60.8 Å². The van der Waals surface area contributed by atoms with Gasteiger partial charge in [0.15, 0.2) is 0 Å². The predicted molar refractivity (Wildman–Crippen MR) is 251 cm³/mol. The van der Waals surface area contributed by atoms with Crippen LogP contribution in [0, 0.1) is 61.7 Å². The van der Waals surface area contributed by atoms with Gasteiger partial charge in [-0.1, -0.05) is 98.5 Å². The Morgan fingerprint density at radius 3 is 1.88 bits per heavy atom. The third-order valence-electron chi connectivity index (χ3n) is 16.1. The van der Waals surface area contributed by atoms with Gasteiger partial charge >= 0.3 is 0 Å². The van der Waals surface area contributed by atoms with Crippen LogP contribution in [0.2, 0.25) is 0 Å². The van der Waals surface area contributed by atoms with Crippen LogP contribution in [0.3, 0.4) is 0 Å². The fourth-order valence-corrected chi connectivity index (χ4v) is 12.6. The SMILES string of the molecule is C#Cc1ccc(CC2CCC(CC(=C)c3ccc(C4CCC(CC5CCC(c6cc7c(cc6C)C(=C)C(C6CCC(=C)CC6=C)C7=C)CC5)CC4)cc3)CC2)cc1C. The third kappa shape index (κ3) is 8.77. The van der Waals surface area contributed by atoms with Crippen molar-refractivity contribution in [3.8, 4) is 12.3 Å². The van der Waals surface area contributed by atoms with E-state index >= 15 is 0 Å². The van der Waals surface area contributed by atoms with E-state index in [4.69, 9.17) is 6.42 Å². The van der Waals surface area contributed by atoms with Crippen LogP contribution in [-0.2, 0) is 6.42 Å². The second-order valence-electron chi connectivity index (χ2n) is 20.0. The molecule has 0 aliphatic heterocycles. The maximum absolute atomic E-state index is 5.64.